The Labute approximate surface area is 111 Å². The average molecular weight is 333 g/mol. The van der Waals surface area contributed by atoms with Gasteiger partial charge in [-0.05, 0) is 23.8 Å². The molecule has 0 aliphatic rings. The van der Waals surface area contributed by atoms with Crippen molar-refractivity contribution in [1.29, 1.82) is 0 Å². The zero-order valence-corrected chi connectivity index (χ0v) is 10.9. The molecule has 7 heteroatoms. The maximum atomic E-state index is 12.0. The van der Waals surface area contributed by atoms with Crippen LogP contribution in [0.3, 0.4) is 0 Å². The van der Waals surface area contributed by atoms with E-state index in [2.05, 4.69) is 27.2 Å². The molecule has 17 heavy (non-hydrogen) atoms. The van der Waals surface area contributed by atoms with Crippen LogP contribution in [-0.2, 0) is 0 Å². The van der Waals surface area contributed by atoms with Crippen molar-refractivity contribution in [1.82, 2.24) is 0 Å². The third kappa shape index (κ3) is 5.43. The molecule has 0 aliphatic heterocycles. The van der Waals surface area contributed by atoms with E-state index >= 15 is 0 Å². The second-order valence-corrected chi connectivity index (χ2v) is 3.95. The van der Waals surface area contributed by atoms with Crippen molar-refractivity contribution in [3.05, 3.63) is 40.9 Å². The van der Waals surface area contributed by atoms with Gasteiger partial charge in [0.25, 0.3) is 0 Å². The van der Waals surface area contributed by atoms with Gasteiger partial charge in [0, 0.05) is 10.5 Å². The summed E-state index contributed by atoms with van der Waals surface area (Å²) in [6.45, 7) is 3.47. The number of nitrogens with two attached hydrogens (primary N) is 1. The summed E-state index contributed by atoms with van der Waals surface area (Å²) < 4.78 is 40.3. The molecule has 1 aromatic carbocycles. The molecule has 2 nitrogen and oxygen atoms in total. The van der Waals surface area contributed by atoms with E-state index in [1.165, 1.54) is 18.2 Å². The second kappa shape index (κ2) is 6.28. The minimum Gasteiger partial charge on any atom is -0.406 e. The summed E-state index contributed by atoms with van der Waals surface area (Å²) in [5.41, 5.74) is 6.11. The zero-order chi connectivity index (χ0) is 12.3. The Bertz CT molecular complexity index is 398. The Morgan fingerprint density at radius 2 is 1.94 bits per heavy atom. The molecule has 0 aromatic heterocycles. The van der Waals surface area contributed by atoms with E-state index in [4.69, 9.17) is 5.73 Å². The number of alkyl halides is 3. The second-order valence-electron chi connectivity index (χ2n) is 3.03. The van der Waals surface area contributed by atoms with E-state index in [0.717, 1.165) is 0 Å². The van der Waals surface area contributed by atoms with Crippen LogP contribution in [-0.4, -0.2) is 6.36 Å². The summed E-state index contributed by atoms with van der Waals surface area (Å²) >= 11 is 3.08. The van der Waals surface area contributed by atoms with E-state index in [1.807, 2.05) is 0 Å². The van der Waals surface area contributed by atoms with Crippen LogP contribution in [0.1, 0.15) is 11.6 Å². The Morgan fingerprint density at radius 1 is 1.35 bits per heavy atom. The molecular weight excluding hydrogens is 322 g/mol. The lowest BCUT2D eigenvalue weighted by Crippen LogP contribution is -2.17. The fraction of sp³-hybridized carbons (Fsp3) is 0.200. The highest BCUT2D eigenvalue weighted by Gasteiger charge is 2.31. The fourth-order valence-corrected chi connectivity index (χ4v) is 1.60. The normalized spacial score (nSPS) is 12.5. The first-order valence-corrected chi connectivity index (χ1v) is 5.05. The van der Waals surface area contributed by atoms with Crippen LogP contribution < -0.4 is 10.5 Å². The summed E-state index contributed by atoms with van der Waals surface area (Å²) in [5.74, 6) is -0.311. The summed E-state index contributed by atoms with van der Waals surface area (Å²) in [4.78, 5) is 0. The topological polar surface area (TPSA) is 35.2 Å². The first kappa shape index (κ1) is 16.3. The van der Waals surface area contributed by atoms with Crippen molar-refractivity contribution in [2.24, 2.45) is 5.73 Å². The van der Waals surface area contributed by atoms with Crippen LogP contribution >= 0.6 is 28.3 Å². The van der Waals surface area contributed by atoms with Gasteiger partial charge in [0.15, 0.2) is 0 Å². The molecule has 0 fully saturated rings. The average Bonchev–Trinajstić information content (AvgIpc) is 2.12. The van der Waals surface area contributed by atoms with Crippen molar-refractivity contribution in [2.75, 3.05) is 0 Å². The van der Waals surface area contributed by atoms with Gasteiger partial charge in [-0.3, -0.25) is 0 Å². The molecule has 1 aromatic rings. The highest BCUT2D eigenvalue weighted by molar-refractivity contribution is 9.10. The number of benzene rings is 1. The van der Waals surface area contributed by atoms with Crippen LogP contribution in [0.25, 0.3) is 0 Å². The molecule has 0 unspecified atom stereocenters. The smallest absolute Gasteiger partial charge is 0.406 e. The molecule has 1 rings (SSSR count). The van der Waals surface area contributed by atoms with Gasteiger partial charge in [0.2, 0.25) is 0 Å². The molecule has 0 heterocycles. The highest BCUT2D eigenvalue weighted by atomic mass is 79.9. The van der Waals surface area contributed by atoms with Gasteiger partial charge < -0.3 is 10.5 Å². The molecule has 0 bridgehead atoms. The molecule has 0 spiro atoms. The summed E-state index contributed by atoms with van der Waals surface area (Å²) in [5, 5.41) is 0. The lowest BCUT2D eigenvalue weighted by atomic mass is 10.1. The van der Waals surface area contributed by atoms with Crippen LogP contribution in [0.4, 0.5) is 13.2 Å². The maximum absolute atomic E-state index is 12.0. The van der Waals surface area contributed by atoms with Crippen molar-refractivity contribution < 1.29 is 17.9 Å². The number of halogens is 5. The molecule has 96 valence electrons. The Balaban J connectivity index is 0.00000256. The van der Waals surface area contributed by atoms with Crippen molar-refractivity contribution >= 4 is 28.3 Å². The van der Waals surface area contributed by atoms with Crippen molar-refractivity contribution in [2.45, 2.75) is 12.4 Å². The molecule has 0 saturated carbocycles. The minimum atomic E-state index is -4.71. The van der Waals surface area contributed by atoms with Gasteiger partial charge in [-0.15, -0.1) is 32.2 Å². The zero-order valence-electron chi connectivity index (χ0n) is 8.50. The SMILES string of the molecule is C=C[C@@H](N)c1cc(Br)cc(OC(F)(F)F)c1.Cl. The minimum absolute atomic E-state index is 0. The van der Waals surface area contributed by atoms with Gasteiger partial charge in [0.05, 0.1) is 0 Å². The lowest BCUT2D eigenvalue weighted by molar-refractivity contribution is -0.274. The van der Waals surface area contributed by atoms with Gasteiger partial charge in [-0.1, -0.05) is 22.0 Å². The quantitative estimate of drug-likeness (QED) is 0.851. The molecular formula is C10H10BrClF3NO. The van der Waals surface area contributed by atoms with Crippen LogP contribution in [0.15, 0.2) is 35.3 Å². The number of ether oxygens (including phenoxy) is 1. The van der Waals surface area contributed by atoms with E-state index in [0.29, 0.717) is 10.0 Å². The fourth-order valence-electron chi connectivity index (χ4n) is 1.11. The van der Waals surface area contributed by atoms with Gasteiger partial charge in [0.1, 0.15) is 5.75 Å². The summed E-state index contributed by atoms with van der Waals surface area (Å²) in [6.07, 6.45) is -3.28. The Kier molecular flexibility index (Phi) is 6.01. The first-order chi connectivity index (χ1) is 7.31. The highest BCUT2D eigenvalue weighted by Crippen LogP contribution is 2.29. The van der Waals surface area contributed by atoms with Gasteiger partial charge in [-0.25, -0.2) is 0 Å². The summed E-state index contributed by atoms with van der Waals surface area (Å²) in [6, 6.07) is 3.51. The van der Waals surface area contributed by atoms with E-state index in [-0.39, 0.29) is 18.2 Å². The first-order valence-electron chi connectivity index (χ1n) is 4.26. The molecule has 0 radical (unpaired) electrons. The molecule has 0 amide bonds. The Hall–Kier alpha value is -0.720. The largest absolute Gasteiger partial charge is 0.573 e. The predicted octanol–water partition coefficient (Wildman–Crippen LogP) is 3.96. The molecule has 0 aliphatic carbocycles. The standard InChI is InChI=1S/C10H9BrF3NO.ClH/c1-2-9(15)6-3-7(11)5-8(4-6)16-10(12,13)14;/h2-5,9H,1,15H2;1H/t9-;/m1./s1. The number of rotatable bonds is 3. The third-order valence-electron chi connectivity index (χ3n) is 1.77. The van der Waals surface area contributed by atoms with Crippen LogP contribution in [0, 0.1) is 0 Å². The monoisotopic (exact) mass is 331 g/mol. The number of hydrogen-bond acceptors (Lipinski definition) is 2. The van der Waals surface area contributed by atoms with Gasteiger partial charge >= 0.3 is 6.36 Å². The number of hydrogen-bond donors (Lipinski definition) is 1. The third-order valence-corrected chi connectivity index (χ3v) is 2.22. The Morgan fingerprint density at radius 3 is 2.41 bits per heavy atom. The summed E-state index contributed by atoms with van der Waals surface area (Å²) in [7, 11) is 0. The van der Waals surface area contributed by atoms with Crippen LogP contribution in [0.5, 0.6) is 5.75 Å². The predicted molar refractivity (Wildman–Crippen MR) is 65.2 cm³/mol. The molecule has 0 saturated heterocycles. The molecule has 1 atom stereocenters. The van der Waals surface area contributed by atoms with Crippen molar-refractivity contribution in [3.63, 3.8) is 0 Å². The van der Waals surface area contributed by atoms with E-state index in [9.17, 15) is 13.2 Å². The van der Waals surface area contributed by atoms with Crippen LogP contribution in [0.2, 0.25) is 0 Å². The van der Waals surface area contributed by atoms with E-state index in [1.54, 1.807) is 6.07 Å². The lowest BCUT2D eigenvalue weighted by Gasteiger charge is -2.12. The van der Waals surface area contributed by atoms with E-state index < -0.39 is 12.4 Å². The van der Waals surface area contributed by atoms with Crippen molar-refractivity contribution in [3.8, 4) is 5.75 Å². The molecule has 2 N–H and O–H groups in total. The van der Waals surface area contributed by atoms with Gasteiger partial charge in [-0.2, -0.15) is 0 Å². The maximum Gasteiger partial charge on any atom is 0.573 e.